The summed E-state index contributed by atoms with van der Waals surface area (Å²) in [6, 6.07) is 4.07. The van der Waals surface area contributed by atoms with Gasteiger partial charge in [-0.1, -0.05) is 6.92 Å². The molecule has 0 saturated heterocycles. The van der Waals surface area contributed by atoms with Gasteiger partial charge in [0, 0.05) is 41.9 Å². The number of pyridine rings is 1. The molecule has 0 fully saturated rings. The quantitative estimate of drug-likeness (QED) is 0.629. The van der Waals surface area contributed by atoms with Crippen molar-refractivity contribution in [1.82, 2.24) is 29.3 Å². The first-order valence-electron chi connectivity index (χ1n) is 7.68. The Morgan fingerprint density at radius 2 is 2.17 bits per heavy atom. The third-order valence-electron chi connectivity index (χ3n) is 4.58. The molecule has 0 bridgehead atoms. The fourth-order valence-corrected chi connectivity index (χ4v) is 2.94. The van der Waals surface area contributed by atoms with Crippen LogP contribution in [0.2, 0.25) is 0 Å². The second-order valence-electron chi connectivity index (χ2n) is 5.81. The third kappa shape index (κ3) is 2.06. The Hall–Kier alpha value is -2.89. The standard InChI is InChI=1S/C17H18N6/c1-3-17(2,22-9-8-18-12-22)23-11-13(10-21-23)14-4-6-19-16-15(14)5-7-20-16/h4-12H,3H2,1-2H3,(H,19,20). The summed E-state index contributed by atoms with van der Waals surface area (Å²) < 4.78 is 4.09. The molecule has 116 valence electrons. The van der Waals surface area contributed by atoms with Crippen molar-refractivity contribution in [2.24, 2.45) is 0 Å². The molecule has 1 N–H and O–H groups in total. The van der Waals surface area contributed by atoms with Crippen LogP contribution in [-0.4, -0.2) is 29.3 Å². The summed E-state index contributed by atoms with van der Waals surface area (Å²) in [5, 5.41) is 5.72. The van der Waals surface area contributed by atoms with Crippen LogP contribution in [0.1, 0.15) is 20.3 Å². The molecule has 0 aliphatic rings. The molecule has 23 heavy (non-hydrogen) atoms. The molecule has 0 saturated carbocycles. The van der Waals surface area contributed by atoms with Gasteiger partial charge >= 0.3 is 0 Å². The minimum Gasteiger partial charge on any atom is -0.346 e. The van der Waals surface area contributed by atoms with Gasteiger partial charge in [0.1, 0.15) is 11.3 Å². The molecule has 4 rings (SSSR count). The second-order valence-corrected chi connectivity index (χ2v) is 5.81. The second kappa shape index (κ2) is 5.08. The normalized spacial score (nSPS) is 14.2. The number of nitrogens with zero attached hydrogens (tertiary/aromatic N) is 5. The molecule has 1 atom stereocenters. The van der Waals surface area contributed by atoms with Crippen LogP contribution in [0.3, 0.4) is 0 Å². The maximum Gasteiger partial charge on any atom is 0.137 e. The summed E-state index contributed by atoms with van der Waals surface area (Å²) in [4.78, 5) is 11.7. The zero-order valence-corrected chi connectivity index (χ0v) is 13.1. The van der Waals surface area contributed by atoms with Crippen LogP contribution in [0.5, 0.6) is 0 Å². The van der Waals surface area contributed by atoms with E-state index in [9.17, 15) is 0 Å². The van der Waals surface area contributed by atoms with E-state index in [0.29, 0.717) is 0 Å². The zero-order valence-electron chi connectivity index (χ0n) is 13.1. The van der Waals surface area contributed by atoms with E-state index >= 15 is 0 Å². The molecule has 0 aliphatic carbocycles. The average Bonchev–Trinajstić information content (AvgIpc) is 3.34. The van der Waals surface area contributed by atoms with Crippen molar-refractivity contribution in [2.45, 2.75) is 25.9 Å². The Morgan fingerprint density at radius 3 is 2.96 bits per heavy atom. The van der Waals surface area contributed by atoms with Crippen molar-refractivity contribution >= 4 is 11.0 Å². The number of hydrogen-bond acceptors (Lipinski definition) is 3. The van der Waals surface area contributed by atoms with Crippen LogP contribution in [0.25, 0.3) is 22.2 Å². The lowest BCUT2D eigenvalue weighted by Crippen LogP contribution is -2.37. The van der Waals surface area contributed by atoms with Crippen LogP contribution in [0.4, 0.5) is 0 Å². The maximum atomic E-state index is 4.62. The lowest BCUT2D eigenvalue weighted by Gasteiger charge is -2.30. The molecule has 1 unspecified atom stereocenters. The smallest absolute Gasteiger partial charge is 0.137 e. The Kier molecular flexibility index (Phi) is 3.04. The predicted molar refractivity (Wildman–Crippen MR) is 88.9 cm³/mol. The van der Waals surface area contributed by atoms with Crippen molar-refractivity contribution < 1.29 is 0 Å². The van der Waals surface area contributed by atoms with E-state index in [0.717, 1.165) is 28.6 Å². The van der Waals surface area contributed by atoms with Gasteiger partial charge in [0.15, 0.2) is 0 Å². The number of hydrogen-bond donors (Lipinski definition) is 1. The van der Waals surface area contributed by atoms with Crippen molar-refractivity contribution in [3.05, 3.63) is 55.6 Å². The Labute approximate surface area is 133 Å². The number of imidazole rings is 1. The average molecular weight is 306 g/mol. The monoisotopic (exact) mass is 306 g/mol. The topological polar surface area (TPSA) is 64.3 Å². The van der Waals surface area contributed by atoms with Crippen LogP contribution in [-0.2, 0) is 5.66 Å². The fourth-order valence-electron chi connectivity index (χ4n) is 2.94. The van der Waals surface area contributed by atoms with Gasteiger partial charge in [-0.2, -0.15) is 5.10 Å². The number of nitrogens with one attached hydrogen (secondary N) is 1. The molecule has 6 nitrogen and oxygen atoms in total. The summed E-state index contributed by atoms with van der Waals surface area (Å²) >= 11 is 0. The third-order valence-corrected chi connectivity index (χ3v) is 4.58. The molecule has 0 radical (unpaired) electrons. The van der Waals surface area contributed by atoms with Crippen molar-refractivity contribution in [3.63, 3.8) is 0 Å². The van der Waals surface area contributed by atoms with E-state index in [4.69, 9.17) is 0 Å². The zero-order chi connectivity index (χ0) is 15.9. The van der Waals surface area contributed by atoms with Crippen molar-refractivity contribution in [3.8, 4) is 11.1 Å². The van der Waals surface area contributed by atoms with Gasteiger partial charge in [-0.3, -0.25) is 0 Å². The number of aromatic nitrogens is 6. The highest BCUT2D eigenvalue weighted by Gasteiger charge is 2.27. The van der Waals surface area contributed by atoms with Crippen molar-refractivity contribution in [2.75, 3.05) is 0 Å². The van der Waals surface area contributed by atoms with E-state index in [1.165, 1.54) is 0 Å². The van der Waals surface area contributed by atoms with Crippen molar-refractivity contribution in [1.29, 1.82) is 0 Å². The Morgan fingerprint density at radius 1 is 1.26 bits per heavy atom. The summed E-state index contributed by atoms with van der Waals surface area (Å²) in [5.74, 6) is 0. The van der Waals surface area contributed by atoms with Gasteiger partial charge in [0.05, 0.1) is 12.5 Å². The van der Waals surface area contributed by atoms with E-state index in [1.54, 1.807) is 6.20 Å². The van der Waals surface area contributed by atoms with Crippen LogP contribution >= 0.6 is 0 Å². The lowest BCUT2D eigenvalue weighted by molar-refractivity contribution is 0.221. The first-order valence-corrected chi connectivity index (χ1v) is 7.68. The fraction of sp³-hybridized carbons (Fsp3) is 0.235. The van der Waals surface area contributed by atoms with Gasteiger partial charge in [0.2, 0.25) is 0 Å². The van der Waals surface area contributed by atoms with Gasteiger partial charge in [-0.15, -0.1) is 0 Å². The van der Waals surface area contributed by atoms with Crippen LogP contribution < -0.4 is 0 Å². The summed E-state index contributed by atoms with van der Waals surface area (Å²) in [5.41, 5.74) is 2.82. The molecule has 0 spiro atoms. The van der Waals surface area contributed by atoms with Crippen LogP contribution in [0, 0.1) is 0 Å². The van der Waals surface area contributed by atoms with E-state index in [1.807, 2.05) is 47.9 Å². The highest BCUT2D eigenvalue weighted by Crippen LogP contribution is 2.29. The largest absolute Gasteiger partial charge is 0.346 e. The Balaban J connectivity index is 1.82. The number of aromatic amines is 1. The van der Waals surface area contributed by atoms with Gasteiger partial charge in [0.25, 0.3) is 0 Å². The number of rotatable bonds is 4. The molecule has 0 aliphatic heterocycles. The molecular weight excluding hydrogens is 288 g/mol. The van der Waals surface area contributed by atoms with Crippen LogP contribution in [0.15, 0.2) is 55.6 Å². The first kappa shape index (κ1) is 13.8. The first-order chi connectivity index (χ1) is 11.2. The predicted octanol–water partition coefficient (Wildman–Crippen LogP) is 3.25. The van der Waals surface area contributed by atoms with Gasteiger partial charge in [-0.05, 0) is 31.0 Å². The van der Waals surface area contributed by atoms with E-state index in [2.05, 4.69) is 44.7 Å². The van der Waals surface area contributed by atoms with Gasteiger partial charge in [-0.25, -0.2) is 14.6 Å². The number of H-pyrrole nitrogens is 1. The van der Waals surface area contributed by atoms with Gasteiger partial charge < -0.3 is 9.55 Å². The maximum absolute atomic E-state index is 4.62. The SMILES string of the molecule is CCC(C)(n1ccnc1)n1cc(-c2ccnc3[nH]ccc23)cn1. The highest BCUT2D eigenvalue weighted by molar-refractivity contribution is 5.92. The molecular formula is C17H18N6. The van der Waals surface area contributed by atoms with E-state index < -0.39 is 0 Å². The summed E-state index contributed by atoms with van der Waals surface area (Å²) in [6.07, 6.45) is 14.2. The molecule has 0 aromatic carbocycles. The number of fused-ring (bicyclic) bond motifs is 1. The Bertz CT molecular complexity index is 933. The minimum absolute atomic E-state index is 0.279. The highest BCUT2D eigenvalue weighted by atomic mass is 15.4. The van der Waals surface area contributed by atoms with E-state index in [-0.39, 0.29) is 5.66 Å². The lowest BCUT2D eigenvalue weighted by atomic mass is 10.1. The minimum atomic E-state index is -0.279. The molecule has 6 heteroatoms. The molecule has 0 amide bonds. The molecule has 4 heterocycles. The molecule has 4 aromatic rings. The summed E-state index contributed by atoms with van der Waals surface area (Å²) in [6.45, 7) is 4.31. The molecule has 4 aromatic heterocycles. The summed E-state index contributed by atoms with van der Waals surface area (Å²) in [7, 11) is 0.